The number of rotatable bonds is 6. The van der Waals surface area contributed by atoms with Gasteiger partial charge in [-0.3, -0.25) is 4.79 Å². The predicted molar refractivity (Wildman–Crippen MR) is 78.0 cm³/mol. The molecule has 1 atom stereocenters. The van der Waals surface area contributed by atoms with E-state index in [0.717, 1.165) is 11.3 Å². The summed E-state index contributed by atoms with van der Waals surface area (Å²) >= 11 is 0. The smallest absolute Gasteiger partial charge is 0.225 e. The number of nitrogen functional groups attached to an aromatic ring is 1. The van der Waals surface area contributed by atoms with Crippen molar-refractivity contribution in [3.05, 3.63) is 23.8 Å². The maximum absolute atomic E-state index is 11.8. The molecule has 4 N–H and O–H groups in total. The monoisotopic (exact) mass is 265 g/mol. The van der Waals surface area contributed by atoms with Crippen LogP contribution in [0.2, 0.25) is 0 Å². The van der Waals surface area contributed by atoms with Gasteiger partial charge in [-0.15, -0.1) is 0 Å². The van der Waals surface area contributed by atoms with Gasteiger partial charge in [0.25, 0.3) is 0 Å². The molecule has 106 valence electrons. The Morgan fingerprint density at radius 2 is 2.21 bits per heavy atom. The van der Waals surface area contributed by atoms with Gasteiger partial charge in [-0.25, -0.2) is 0 Å². The zero-order chi connectivity index (χ0) is 14.4. The van der Waals surface area contributed by atoms with Crippen LogP contribution in [0.4, 0.5) is 11.4 Å². The van der Waals surface area contributed by atoms with Gasteiger partial charge in [-0.1, -0.05) is 0 Å². The Bertz CT molecular complexity index is 435. The Morgan fingerprint density at radius 3 is 2.79 bits per heavy atom. The third-order valence-corrected chi connectivity index (χ3v) is 3.23. The van der Waals surface area contributed by atoms with Crippen molar-refractivity contribution in [3.8, 4) is 0 Å². The third-order valence-electron chi connectivity index (χ3n) is 3.23. The van der Waals surface area contributed by atoms with Crippen LogP contribution in [0.25, 0.3) is 0 Å². The number of likely N-dealkylation sites (N-methyl/N-ethyl adjacent to an activating group) is 1. The molecule has 0 fully saturated rings. The fraction of sp³-hybridized carbons (Fsp3) is 0.500. The minimum absolute atomic E-state index is 0.0372. The molecule has 0 aliphatic carbocycles. The molecule has 1 aromatic rings. The lowest BCUT2D eigenvalue weighted by molar-refractivity contribution is -0.116. The van der Waals surface area contributed by atoms with Crippen molar-refractivity contribution in [3.63, 3.8) is 0 Å². The summed E-state index contributed by atoms with van der Waals surface area (Å²) in [5.41, 5.74) is 8.09. The minimum Gasteiger partial charge on any atom is -0.399 e. The molecule has 0 saturated heterocycles. The van der Waals surface area contributed by atoms with Crippen LogP contribution in [-0.2, 0) is 4.79 Å². The Morgan fingerprint density at radius 1 is 1.53 bits per heavy atom. The summed E-state index contributed by atoms with van der Waals surface area (Å²) in [6.07, 6.45) is 0.394. The van der Waals surface area contributed by atoms with E-state index in [2.05, 4.69) is 5.32 Å². The maximum atomic E-state index is 11.8. The molecule has 1 rings (SSSR count). The Kier molecular flexibility index (Phi) is 5.79. The van der Waals surface area contributed by atoms with E-state index in [9.17, 15) is 4.79 Å². The number of amides is 1. The zero-order valence-corrected chi connectivity index (χ0v) is 11.8. The molecule has 5 heteroatoms. The highest BCUT2D eigenvalue weighted by molar-refractivity contribution is 5.91. The number of hydrogen-bond donors (Lipinski definition) is 3. The molecular weight excluding hydrogens is 242 g/mol. The molecule has 0 aliphatic heterocycles. The summed E-state index contributed by atoms with van der Waals surface area (Å²) in [5.74, 6) is -0.0372. The van der Waals surface area contributed by atoms with E-state index in [0.29, 0.717) is 18.7 Å². The molecule has 1 unspecified atom stereocenters. The number of nitrogens with zero attached hydrogens (tertiary/aromatic N) is 1. The van der Waals surface area contributed by atoms with E-state index in [1.54, 1.807) is 6.07 Å². The van der Waals surface area contributed by atoms with Crippen molar-refractivity contribution >= 4 is 17.3 Å². The Labute approximate surface area is 114 Å². The van der Waals surface area contributed by atoms with Crippen molar-refractivity contribution in [2.75, 3.05) is 31.2 Å². The van der Waals surface area contributed by atoms with Crippen LogP contribution in [0.1, 0.15) is 18.9 Å². The SMILES string of the molecule is Cc1cc(N)ccc1NC(=O)CCN(C)C(C)CO. The molecule has 0 saturated carbocycles. The topological polar surface area (TPSA) is 78.6 Å². The molecule has 0 spiro atoms. The largest absolute Gasteiger partial charge is 0.399 e. The minimum atomic E-state index is -0.0372. The number of carbonyl (C=O) groups is 1. The normalized spacial score (nSPS) is 12.5. The molecule has 1 amide bonds. The van der Waals surface area contributed by atoms with E-state index >= 15 is 0 Å². The quantitative estimate of drug-likeness (QED) is 0.676. The highest BCUT2D eigenvalue weighted by Crippen LogP contribution is 2.17. The van der Waals surface area contributed by atoms with Gasteiger partial charge >= 0.3 is 0 Å². The van der Waals surface area contributed by atoms with E-state index in [1.165, 1.54) is 0 Å². The van der Waals surface area contributed by atoms with E-state index < -0.39 is 0 Å². The summed E-state index contributed by atoms with van der Waals surface area (Å²) in [6.45, 7) is 4.53. The second kappa shape index (κ2) is 7.11. The summed E-state index contributed by atoms with van der Waals surface area (Å²) in [7, 11) is 1.89. The fourth-order valence-corrected chi connectivity index (χ4v) is 1.68. The first-order valence-electron chi connectivity index (χ1n) is 6.41. The number of carbonyl (C=O) groups excluding carboxylic acids is 1. The van der Waals surface area contributed by atoms with E-state index in [4.69, 9.17) is 10.8 Å². The van der Waals surface area contributed by atoms with Gasteiger partial charge < -0.3 is 21.1 Å². The van der Waals surface area contributed by atoms with Gasteiger partial charge in [-0.2, -0.15) is 0 Å². The average Bonchev–Trinajstić information content (AvgIpc) is 2.38. The van der Waals surface area contributed by atoms with Crippen molar-refractivity contribution in [1.82, 2.24) is 4.90 Å². The number of anilines is 2. The highest BCUT2D eigenvalue weighted by atomic mass is 16.3. The molecule has 1 aromatic carbocycles. The lowest BCUT2D eigenvalue weighted by Gasteiger charge is -2.22. The fourth-order valence-electron chi connectivity index (χ4n) is 1.68. The van der Waals surface area contributed by atoms with E-state index in [1.807, 2.05) is 37.9 Å². The number of nitrogens with one attached hydrogen (secondary N) is 1. The highest BCUT2D eigenvalue weighted by Gasteiger charge is 2.10. The second-order valence-electron chi connectivity index (χ2n) is 4.88. The number of hydrogen-bond acceptors (Lipinski definition) is 4. The van der Waals surface area contributed by atoms with Gasteiger partial charge in [0.05, 0.1) is 6.61 Å². The lowest BCUT2D eigenvalue weighted by atomic mass is 10.1. The zero-order valence-electron chi connectivity index (χ0n) is 11.8. The first kappa shape index (κ1) is 15.5. The molecule has 0 aliphatic rings. The average molecular weight is 265 g/mol. The Balaban J connectivity index is 2.47. The first-order chi connectivity index (χ1) is 8.93. The molecule has 0 bridgehead atoms. The van der Waals surface area contributed by atoms with Crippen LogP contribution < -0.4 is 11.1 Å². The summed E-state index contributed by atoms with van der Waals surface area (Å²) in [4.78, 5) is 13.8. The van der Waals surface area contributed by atoms with Crippen LogP contribution in [0.15, 0.2) is 18.2 Å². The van der Waals surface area contributed by atoms with Gasteiger partial charge in [0, 0.05) is 30.4 Å². The molecule has 19 heavy (non-hydrogen) atoms. The number of aliphatic hydroxyl groups excluding tert-OH is 1. The summed E-state index contributed by atoms with van der Waals surface area (Å²) in [6, 6.07) is 5.46. The van der Waals surface area contributed by atoms with Crippen LogP contribution in [0.5, 0.6) is 0 Å². The van der Waals surface area contributed by atoms with Crippen LogP contribution >= 0.6 is 0 Å². The molecular formula is C14H23N3O2. The van der Waals surface area contributed by atoms with Crippen LogP contribution in [0, 0.1) is 6.92 Å². The first-order valence-corrected chi connectivity index (χ1v) is 6.41. The number of nitrogens with two attached hydrogens (primary N) is 1. The number of aliphatic hydroxyl groups is 1. The van der Waals surface area contributed by atoms with Gasteiger partial charge in [-0.05, 0) is 44.7 Å². The van der Waals surface area contributed by atoms with Crippen molar-refractivity contribution in [2.24, 2.45) is 0 Å². The maximum Gasteiger partial charge on any atom is 0.225 e. The van der Waals surface area contributed by atoms with Crippen LogP contribution in [-0.4, -0.2) is 42.2 Å². The molecule has 5 nitrogen and oxygen atoms in total. The second-order valence-corrected chi connectivity index (χ2v) is 4.88. The summed E-state index contributed by atoms with van der Waals surface area (Å²) < 4.78 is 0. The summed E-state index contributed by atoms with van der Waals surface area (Å²) in [5, 5.41) is 11.9. The molecule has 0 aromatic heterocycles. The number of aryl methyl sites for hydroxylation is 1. The Hall–Kier alpha value is -1.59. The number of benzene rings is 1. The molecule has 0 heterocycles. The predicted octanol–water partition coefficient (Wildman–Crippen LogP) is 1.22. The lowest BCUT2D eigenvalue weighted by Crippen LogP contribution is -2.34. The van der Waals surface area contributed by atoms with Gasteiger partial charge in [0.2, 0.25) is 5.91 Å². The third kappa shape index (κ3) is 4.89. The van der Waals surface area contributed by atoms with Gasteiger partial charge in [0.15, 0.2) is 0 Å². The van der Waals surface area contributed by atoms with Crippen molar-refractivity contribution in [1.29, 1.82) is 0 Å². The van der Waals surface area contributed by atoms with Crippen molar-refractivity contribution in [2.45, 2.75) is 26.3 Å². The van der Waals surface area contributed by atoms with E-state index in [-0.39, 0.29) is 18.6 Å². The van der Waals surface area contributed by atoms with Gasteiger partial charge in [0.1, 0.15) is 0 Å². The molecule has 0 radical (unpaired) electrons. The van der Waals surface area contributed by atoms with Crippen LogP contribution in [0.3, 0.4) is 0 Å². The van der Waals surface area contributed by atoms with Crippen molar-refractivity contribution < 1.29 is 9.90 Å². The standard InChI is InChI=1S/C14H23N3O2/c1-10-8-12(15)4-5-13(10)16-14(19)6-7-17(3)11(2)9-18/h4-5,8,11,18H,6-7,9,15H2,1-3H3,(H,16,19).